The second-order valence-electron chi connectivity index (χ2n) is 4.41. The Morgan fingerprint density at radius 1 is 1.29 bits per heavy atom. The number of piperidine rings is 1. The summed E-state index contributed by atoms with van der Waals surface area (Å²) in [5.74, 6) is 0. The molecule has 3 N–H and O–H groups in total. The van der Waals surface area contributed by atoms with E-state index in [0.29, 0.717) is 25.9 Å². The van der Waals surface area contributed by atoms with Crippen molar-refractivity contribution in [2.24, 2.45) is 0 Å². The molecule has 0 aromatic carbocycles. The molecular formula is C10H19F3N2O2. The van der Waals surface area contributed by atoms with E-state index in [1.807, 2.05) is 0 Å². The minimum atomic E-state index is -4.13. The number of alkyl halides is 3. The van der Waals surface area contributed by atoms with Gasteiger partial charge in [-0.1, -0.05) is 0 Å². The number of hydrogen-bond donors (Lipinski definition) is 3. The third-order valence-corrected chi connectivity index (χ3v) is 2.84. The molecule has 7 heteroatoms. The Morgan fingerprint density at radius 3 is 2.35 bits per heavy atom. The monoisotopic (exact) mass is 256 g/mol. The normalized spacial score (nSPS) is 21.7. The molecule has 0 aliphatic carbocycles. The Balaban J connectivity index is 2.17. The van der Waals surface area contributed by atoms with Crippen LogP contribution in [0.4, 0.5) is 13.2 Å². The fraction of sp³-hybridized carbons (Fsp3) is 1.00. The molecule has 1 rings (SSSR count). The number of likely N-dealkylation sites (tertiary alicyclic amines) is 1. The van der Waals surface area contributed by atoms with Crippen LogP contribution >= 0.6 is 0 Å². The molecule has 1 aliphatic rings. The van der Waals surface area contributed by atoms with Crippen LogP contribution in [0.5, 0.6) is 0 Å². The van der Waals surface area contributed by atoms with Gasteiger partial charge in [-0.25, -0.2) is 0 Å². The van der Waals surface area contributed by atoms with Crippen molar-refractivity contribution in [2.75, 3.05) is 32.8 Å². The Bertz CT molecular complexity index is 218. The summed E-state index contributed by atoms with van der Waals surface area (Å²) in [5.41, 5.74) is 0. The van der Waals surface area contributed by atoms with Crippen LogP contribution in [0, 0.1) is 0 Å². The summed E-state index contributed by atoms with van der Waals surface area (Å²) in [7, 11) is 0. The quantitative estimate of drug-likeness (QED) is 0.646. The van der Waals surface area contributed by atoms with Crippen LogP contribution in [-0.2, 0) is 0 Å². The average Bonchev–Trinajstić information content (AvgIpc) is 2.25. The van der Waals surface area contributed by atoms with Crippen molar-refractivity contribution < 1.29 is 23.4 Å². The number of nitrogens with zero attached hydrogens (tertiary/aromatic N) is 1. The van der Waals surface area contributed by atoms with Gasteiger partial charge in [0, 0.05) is 12.6 Å². The summed E-state index contributed by atoms with van der Waals surface area (Å²) < 4.78 is 36.4. The van der Waals surface area contributed by atoms with Gasteiger partial charge in [0.2, 0.25) is 0 Å². The molecule has 1 saturated heterocycles. The zero-order chi connectivity index (χ0) is 12.9. The molecular weight excluding hydrogens is 237 g/mol. The topological polar surface area (TPSA) is 55.7 Å². The highest BCUT2D eigenvalue weighted by Crippen LogP contribution is 2.19. The second-order valence-corrected chi connectivity index (χ2v) is 4.41. The maximum atomic E-state index is 12.1. The molecule has 1 heterocycles. The van der Waals surface area contributed by atoms with Crippen LogP contribution in [0.15, 0.2) is 0 Å². The maximum Gasteiger partial charge on any atom is 0.401 e. The first kappa shape index (κ1) is 14.7. The van der Waals surface area contributed by atoms with Crippen molar-refractivity contribution in [1.82, 2.24) is 10.2 Å². The predicted molar refractivity (Wildman–Crippen MR) is 56.6 cm³/mol. The number of nitrogens with one attached hydrogen (secondary N) is 1. The van der Waals surface area contributed by atoms with Crippen molar-refractivity contribution in [2.45, 2.75) is 31.2 Å². The minimum absolute atomic E-state index is 0.126. The number of aliphatic hydroxyl groups excluding tert-OH is 2. The number of hydrogen-bond acceptors (Lipinski definition) is 4. The van der Waals surface area contributed by atoms with Crippen molar-refractivity contribution in [3.8, 4) is 0 Å². The summed E-state index contributed by atoms with van der Waals surface area (Å²) in [5, 5.41) is 20.8. The highest BCUT2D eigenvalue weighted by atomic mass is 19.4. The third-order valence-electron chi connectivity index (χ3n) is 2.84. The molecule has 0 aromatic rings. The lowest BCUT2D eigenvalue weighted by Gasteiger charge is -2.33. The van der Waals surface area contributed by atoms with Crippen LogP contribution in [0.25, 0.3) is 0 Å². The van der Waals surface area contributed by atoms with Gasteiger partial charge in [0.15, 0.2) is 0 Å². The van der Waals surface area contributed by atoms with Gasteiger partial charge in [0.1, 0.15) is 0 Å². The van der Waals surface area contributed by atoms with E-state index in [9.17, 15) is 13.2 Å². The molecule has 0 aromatic heterocycles. The van der Waals surface area contributed by atoms with Crippen molar-refractivity contribution >= 4 is 0 Å². The number of aliphatic hydroxyl groups is 2. The molecule has 1 aliphatic heterocycles. The smallest absolute Gasteiger partial charge is 0.394 e. The Labute approximate surface area is 98.4 Å². The number of rotatable bonds is 5. The standard InChI is InChI=1S/C10H19F3N2O2/c11-10(12,13)7-15-3-1-8(2-4-15)14-5-9(17)6-16/h8-9,14,16-17H,1-7H2. The second kappa shape index (κ2) is 6.53. The third kappa shape index (κ3) is 6.21. The first-order chi connectivity index (χ1) is 7.90. The van der Waals surface area contributed by atoms with Gasteiger partial charge in [-0.3, -0.25) is 4.90 Å². The van der Waals surface area contributed by atoms with Gasteiger partial charge in [-0.15, -0.1) is 0 Å². The molecule has 4 nitrogen and oxygen atoms in total. The molecule has 17 heavy (non-hydrogen) atoms. The summed E-state index contributed by atoms with van der Waals surface area (Å²) in [6.45, 7) is -0.0574. The summed E-state index contributed by atoms with van der Waals surface area (Å²) in [4.78, 5) is 1.39. The summed E-state index contributed by atoms with van der Waals surface area (Å²) in [6.07, 6.45) is -3.67. The van der Waals surface area contributed by atoms with Gasteiger partial charge in [-0.2, -0.15) is 13.2 Å². The van der Waals surface area contributed by atoms with E-state index < -0.39 is 18.8 Å². The van der Waals surface area contributed by atoms with Crippen LogP contribution < -0.4 is 5.32 Å². The van der Waals surface area contributed by atoms with Crippen molar-refractivity contribution in [3.63, 3.8) is 0 Å². The van der Waals surface area contributed by atoms with E-state index in [1.54, 1.807) is 0 Å². The van der Waals surface area contributed by atoms with Crippen molar-refractivity contribution in [3.05, 3.63) is 0 Å². The van der Waals surface area contributed by atoms with E-state index in [2.05, 4.69) is 5.32 Å². The molecule has 1 atom stereocenters. The molecule has 1 fully saturated rings. The van der Waals surface area contributed by atoms with E-state index in [4.69, 9.17) is 10.2 Å². The largest absolute Gasteiger partial charge is 0.401 e. The SMILES string of the molecule is OCC(O)CNC1CCN(CC(F)(F)F)CC1. The maximum absolute atomic E-state index is 12.1. The van der Waals surface area contributed by atoms with Crippen LogP contribution in [0.2, 0.25) is 0 Å². The highest BCUT2D eigenvalue weighted by molar-refractivity contribution is 4.79. The van der Waals surface area contributed by atoms with Crippen LogP contribution in [-0.4, -0.2) is 66.2 Å². The molecule has 102 valence electrons. The van der Waals surface area contributed by atoms with E-state index in [0.717, 1.165) is 0 Å². The van der Waals surface area contributed by atoms with Gasteiger partial charge in [0.05, 0.1) is 19.3 Å². The van der Waals surface area contributed by atoms with Crippen molar-refractivity contribution in [1.29, 1.82) is 0 Å². The highest BCUT2D eigenvalue weighted by Gasteiger charge is 2.32. The van der Waals surface area contributed by atoms with E-state index in [-0.39, 0.29) is 19.2 Å². The summed E-state index contributed by atoms with van der Waals surface area (Å²) in [6, 6.07) is 0.126. The lowest BCUT2D eigenvalue weighted by molar-refractivity contribution is -0.148. The number of halogens is 3. The van der Waals surface area contributed by atoms with Crippen LogP contribution in [0.1, 0.15) is 12.8 Å². The Kier molecular flexibility index (Phi) is 5.64. The van der Waals surface area contributed by atoms with Gasteiger partial charge >= 0.3 is 6.18 Å². The lowest BCUT2D eigenvalue weighted by atomic mass is 10.0. The van der Waals surface area contributed by atoms with Crippen LogP contribution in [0.3, 0.4) is 0 Å². The molecule has 0 amide bonds. The van der Waals surface area contributed by atoms with E-state index in [1.165, 1.54) is 4.90 Å². The first-order valence-corrected chi connectivity index (χ1v) is 5.72. The predicted octanol–water partition coefficient (Wildman–Crippen LogP) is -0.0441. The zero-order valence-corrected chi connectivity index (χ0v) is 9.58. The fourth-order valence-corrected chi connectivity index (χ4v) is 1.92. The minimum Gasteiger partial charge on any atom is -0.394 e. The van der Waals surface area contributed by atoms with Gasteiger partial charge in [0.25, 0.3) is 0 Å². The first-order valence-electron chi connectivity index (χ1n) is 5.72. The molecule has 0 saturated carbocycles. The molecule has 0 bridgehead atoms. The molecule has 0 spiro atoms. The zero-order valence-electron chi connectivity index (χ0n) is 9.58. The van der Waals surface area contributed by atoms with Gasteiger partial charge < -0.3 is 15.5 Å². The Hall–Kier alpha value is -0.370. The lowest BCUT2D eigenvalue weighted by Crippen LogP contribution is -2.47. The molecule has 1 unspecified atom stereocenters. The molecule has 0 radical (unpaired) electrons. The Morgan fingerprint density at radius 2 is 1.88 bits per heavy atom. The van der Waals surface area contributed by atoms with E-state index >= 15 is 0 Å². The average molecular weight is 256 g/mol. The van der Waals surface area contributed by atoms with Gasteiger partial charge in [-0.05, 0) is 25.9 Å². The summed E-state index contributed by atoms with van der Waals surface area (Å²) >= 11 is 0. The fourth-order valence-electron chi connectivity index (χ4n) is 1.92.